The van der Waals surface area contributed by atoms with E-state index in [1.165, 1.54) is 18.3 Å². The number of pyridine rings is 1. The number of nitrogens with zero attached hydrogens (tertiary/aromatic N) is 2. The third-order valence-corrected chi connectivity index (χ3v) is 4.61. The molecule has 1 aliphatic rings. The van der Waals surface area contributed by atoms with Gasteiger partial charge >= 0.3 is 0 Å². The number of benzene rings is 1. The number of aromatic nitrogens is 2. The number of carbonyl (C=O) groups excluding carboxylic acids is 3. The maximum absolute atomic E-state index is 12.9. The molecule has 4 aromatic rings. The smallest absolute Gasteiger partial charge is 0.269 e. The van der Waals surface area contributed by atoms with Crippen LogP contribution >= 0.6 is 0 Å². The molecule has 0 atom stereocenters. The molecule has 27 heavy (non-hydrogen) atoms. The summed E-state index contributed by atoms with van der Waals surface area (Å²) in [6.45, 7) is 0. The van der Waals surface area contributed by atoms with Crippen LogP contribution in [0.3, 0.4) is 0 Å². The largest absolute Gasteiger partial charge is 0.472 e. The molecule has 1 aromatic carbocycles. The molecule has 3 amide bonds. The summed E-state index contributed by atoms with van der Waals surface area (Å²) in [4.78, 5) is 45.9. The number of H-pyrrole nitrogens is 1. The SMILES string of the molecule is O=C(c1cnc2[nH]cc(-c3ccoc3)c2c1)N1C(=O)c2ccccc2C1=O. The number of fused-ring (bicyclic) bond motifs is 2. The summed E-state index contributed by atoms with van der Waals surface area (Å²) in [6, 6.07) is 9.79. The standard InChI is InChI=1S/C20H11N3O4/c24-18(23-19(25)13-3-1-2-4-14(13)20(23)26)12-7-15-16(11-5-6-27-10-11)9-22-17(15)21-8-12/h1-10H,(H,21,22). The average molecular weight is 357 g/mol. The van der Waals surface area contributed by atoms with Gasteiger partial charge in [0.1, 0.15) is 5.65 Å². The van der Waals surface area contributed by atoms with Crippen molar-refractivity contribution in [3.63, 3.8) is 0 Å². The van der Waals surface area contributed by atoms with E-state index < -0.39 is 17.7 Å². The second kappa shape index (κ2) is 5.50. The van der Waals surface area contributed by atoms with Crippen LogP contribution in [0.15, 0.2) is 65.7 Å². The molecule has 7 nitrogen and oxygen atoms in total. The van der Waals surface area contributed by atoms with Crippen molar-refractivity contribution >= 4 is 28.8 Å². The van der Waals surface area contributed by atoms with Crippen LogP contribution in [0, 0.1) is 0 Å². The second-order valence-electron chi connectivity index (χ2n) is 6.13. The lowest BCUT2D eigenvalue weighted by molar-refractivity contribution is 0.0566. The van der Waals surface area contributed by atoms with E-state index in [-0.39, 0.29) is 16.7 Å². The van der Waals surface area contributed by atoms with Crippen LogP contribution in [0.1, 0.15) is 31.1 Å². The van der Waals surface area contributed by atoms with Crippen LogP contribution in [0.2, 0.25) is 0 Å². The summed E-state index contributed by atoms with van der Waals surface area (Å²) in [7, 11) is 0. The lowest BCUT2D eigenvalue weighted by Gasteiger charge is -2.11. The van der Waals surface area contributed by atoms with Gasteiger partial charge in [-0.25, -0.2) is 9.88 Å². The number of rotatable bonds is 2. The maximum atomic E-state index is 12.9. The molecular weight excluding hydrogens is 346 g/mol. The minimum Gasteiger partial charge on any atom is -0.472 e. The van der Waals surface area contributed by atoms with E-state index in [0.29, 0.717) is 15.9 Å². The normalized spacial score (nSPS) is 13.4. The lowest BCUT2D eigenvalue weighted by atomic mass is 10.1. The number of hydrogen-bond acceptors (Lipinski definition) is 5. The predicted molar refractivity (Wildman–Crippen MR) is 95.1 cm³/mol. The quantitative estimate of drug-likeness (QED) is 0.556. The number of carbonyl (C=O) groups is 3. The van der Waals surface area contributed by atoms with Crippen LogP contribution < -0.4 is 0 Å². The molecule has 0 spiro atoms. The summed E-state index contributed by atoms with van der Waals surface area (Å²) in [5.41, 5.74) is 2.83. The number of imide groups is 3. The number of amides is 3. The summed E-state index contributed by atoms with van der Waals surface area (Å²) < 4.78 is 5.11. The molecule has 0 aliphatic carbocycles. The lowest BCUT2D eigenvalue weighted by Crippen LogP contribution is -2.36. The third kappa shape index (κ3) is 2.15. The van der Waals surface area contributed by atoms with Gasteiger partial charge in [-0.05, 0) is 24.3 Å². The van der Waals surface area contributed by atoms with E-state index in [1.807, 2.05) is 0 Å². The number of nitrogens with one attached hydrogen (secondary N) is 1. The molecule has 1 N–H and O–H groups in total. The van der Waals surface area contributed by atoms with Crippen molar-refractivity contribution in [3.8, 4) is 11.1 Å². The highest BCUT2D eigenvalue weighted by atomic mass is 16.3. The Bertz CT molecular complexity index is 1200. The van der Waals surface area contributed by atoms with E-state index in [4.69, 9.17) is 4.42 Å². The number of furan rings is 1. The molecule has 0 radical (unpaired) electrons. The Morgan fingerprint density at radius 3 is 2.44 bits per heavy atom. The fraction of sp³-hybridized carbons (Fsp3) is 0. The Balaban J connectivity index is 1.58. The van der Waals surface area contributed by atoms with Crippen LogP contribution in [0.5, 0.6) is 0 Å². The Morgan fingerprint density at radius 2 is 1.78 bits per heavy atom. The van der Waals surface area contributed by atoms with E-state index in [9.17, 15) is 14.4 Å². The van der Waals surface area contributed by atoms with Gasteiger partial charge in [-0.2, -0.15) is 0 Å². The molecule has 130 valence electrons. The van der Waals surface area contributed by atoms with E-state index in [0.717, 1.165) is 11.1 Å². The number of hydrogen-bond donors (Lipinski definition) is 1. The third-order valence-electron chi connectivity index (χ3n) is 4.61. The summed E-state index contributed by atoms with van der Waals surface area (Å²) >= 11 is 0. The maximum Gasteiger partial charge on any atom is 0.269 e. The minimum atomic E-state index is -0.699. The zero-order chi connectivity index (χ0) is 18.5. The molecular formula is C20H11N3O4. The Morgan fingerprint density at radius 1 is 1.04 bits per heavy atom. The summed E-state index contributed by atoms with van der Waals surface area (Å²) in [5, 5.41) is 0.693. The van der Waals surface area contributed by atoms with Gasteiger partial charge in [-0.1, -0.05) is 12.1 Å². The first kappa shape index (κ1) is 15.3. The van der Waals surface area contributed by atoms with Crippen LogP contribution in [-0.4, -0.2) is 32.6 Å². The van der Waals surface area contributed by atoms with Crippen LogP contribution in [0.4, 0.5) is 0 Å². The first-order chi connectivity index (χ1) is 13.1. The highest BCUT2D eigenvalue weighted by molar-refractivity contribution is 6.31. The van der Waals surface area contributed by atoms with Crippen molar-refractivity contribution in [2.45, 2.75) is 0 Å². The Kier molecular flexibility index (Phi) is 3.11. The molecule has 5 rings (SSSR count). The molecule has 0 saturated carbocycles. The molecule has 0 saturated heterocycles. The van der Waals surface area contributed by atoms with Crippen molar-refractivity contribution in [3.05, 3.63) is 78.0 Å². The van der Waals surface area contributed by atoms with Gasteiger partial charge in [0, 0.05) is 28.9 Å². The molecule has 0 bridgehead atoms. The Hall–Kier alpha value is -4.00. The van der Waals surface area contributed by atoms with Crippen LogP contribution in [-0.2, 0) is 0 Å². The van der Waals surface area contributed by atoms with Crippen molar-refractivity contribution in [1.82, 2.24) is 14.9 Å². The summed E-state index contributed by atoms with van der Waals surface area (Å²) in [5.74, 6) is -1.94. The van der Waals surface area contributed by atoms with Gasteiger partial charge in [0.2, 0.25) is 0 Å². The van der Waals surface area contributed by atoms with Crippen molar-refractivity contribution in [1.29, 1.82) is 0 Å². The van der Waals surface area contributed by atoms with Gasteiger partial charge in [-0.3, -0.25) is 14.4 Å². The number of aromatic amines is 1. The van der Waals surface area contributed by atoms with E-state index >= 15 is 0 Å². The molecule has 0 fully saturated rings. The topological polar surface area (TPSA) is 96.3 Å². The van der Waals surface area contributed by atoms with Gasteiger partial charge < -0.3 is 9.40 Å². The fourth-order valence-corrected chi connectivity index (χ4v) is 3.28. The van der Waals surface area contributed by atoms with Crippen molar-refractivity contribution in [2.75, 3.05) is 0 Å². The zero-order valence-electron chi connectivity index (χ0n) is 13.8. The van der Waals surface area contributed by atoms with Gasteiger partial charge in [0.25, 0.3) is 17.7 Å². The highest BCUT2D eigenvalue weighted by Crippen LogP contribution is 2.30. The average Bonchev–Trinajstić information content (AvgIpc) is 3.40. The second-order valence-corrected chi connectivity index (χ2v) is 6.13. The van der Waals surface area contributed by atoms with Gasteiger partial charge in [0.05, 0.1) is 29.2 Å². The van der Waals surface area contributed by atoms with Gasteiger partial charge in [0.15, 0.2) is 0 Å². The minimum absolute atomic E-state index is 0.154. The zero-order valence-corrected chi connectivity index (χ0v) is 13.8. The van der Waals surface area contributed by atoms with E-state index in [2.05, 4.69) is 9.97 Å². The van der Waals surface area contributed by atoms with Crippen molar-refractivity contribution < 1.29 is 18.8 Å². The summed E-state index contributed by atoms with van der Waals surface area (Å²) in [6.07, 6.45) is 6.25. The first-order valence-corrected chi connectivity index (χ1v) is 8.17. The monoisotopic (exact) mass is 357 g/mol. The molecule has 3 aromatic heterocycles. The Labute approximate surface area is 152 Å². The highest BCUT2D eigenvalue weighted by Gasteiger charge is 2.40. The van der Waals surface area contributed by atoms with Gasteiger partial charge in [-0.15, -0.1) is 0 Å². The first-order valence-electron chi connectivity index (χ1n) is 8.17. The molecule has 4 heterocycles. The van der Waals surface area contributed by atoms with Crippen molar-refractivity contribution in [2.24, 2.45) is 0 Å². The predicted octanol–water partition coefficient (Wildman–Crippen LogP) is 3.26. The molecule has 0 unspecified atom stereocenters. The fourth-order valence-electron chi connectivity index (χ4n) is 3.28. The van der Waals surface area contributed by atoms with Crippen LogP contribution in [0.25, 0.3) is 22.2 Å². The molecule has 7 heteroatoms. The molecule has 1 aliphatic heterocycles. The van der Waals surface area contributed by atoms with E-state index in [1.54, 1.807) is 43.0 Å².